The molecule has 0 fully saturated rings. The molecule has 0 amide bonds. The maximum Gasteiger partial charge on any atom is 0.206 e. The number of aromatic nitrogens is 3. The number of pyridine rings is 1. The molecule has 0 saturated carbocycles. The smallest absolute Gasteiger partial charge is 0.206 e. The van der Waals surface area contributed by atoms with Crippen LogP contribution in [-0.2, 0) is 6.54 Å². The number of anilines is 1. The Labute approximate surface area is 145 Å². The molecule has 3 rings (SSSR count). The first-order valence-electron chi connectivity index (χ1n) is 7.91. The van der Waals surface area contributed by atoms with Crippen molar-refractivity contribution >= 4 is 16.5 Å². The summed E-state index contributed by atoms with van der Waals surface area (Å²) in [4.78, 5) is 4.29. The van der Waals surface area contributed by atoms with Gasteiger partial charge in [-0.2, -0.15) is 0 Å². The van der Waals surface area contributed by atoms with Gasteiger partial charge >= 0.3 is 0 Å². The number of rotatable bonds is 7. The largest absolute Gasteiger partial charge is 0.493 e. The van der Waals surface area contributed by atoms with Crippen molar-refractivity contribution in [2.45, 2.75) is 20.4 Å². The molecule has 0 atom stereocenters. The first kappa shape index (κ1) is 16.4. The fourth-order valence-electron chi connectivity index (χ4n) is 2.07. The van der Waals surface area contributed by atoms with E-state index >= 15 is 0 Å². The van der Waals surface area contributed by atoms with Crippen LogP contribution in [0.2, 0.25) is 0 Å². The van der Waals surface area contributed by atoms with Gasteiger partial charge < -0.3 is 10.1 Å². The zero-order valence-corrected chi connectivity index (χ0v) is 14.6. The Hall–Kier alpha value is -2.47. The zero-order valence-electron chi connectivity index (χ0n) is 13.8. The second-order valence-corrected chi connectivity index (χ2v) is 6.81. The molecule has 0 aliphatic heterocycles. The monoisotopic (exact) mass is 340 g/mol. The molecule has 2 heterocycles. The molecule has 6 heteroatoms. The lowest BCUT2D eigenvalue weighted by Gasteiger charge is -2.10. The molecule has 0 unspecified atom stereocenters. The van der Waals surface area contributed by atoms with E-state index in [0.29, 0.717) is 12.5 Å². The average Bonchev–Trinajstić information content (AvgIpc) is 3.08. The Morgan fingerprint density at radius 1 is 1.12 bits per heavy atom. The van der Waals surface area contributed by atoms with Crippen LogP contribution in [0.5, 0.6) is 5.75 Å². The first-order chi connectivity index (χ1) is 11.7. The summed E-state index contributed by atoms with van der Waals surface area (Å²) in [5.41, 5.74) is 1.98. The van der Waals surface area contributed by atoms with Crippen LogP contribution < -0.4 is 10.1 Å². The molecular weight excluding hydrogens is 320 g/mol. The minimum absolute atomic E-state index is 0.512. The highest BCUT2D eigenvalue weighted by atomic mass is 32.1. The standard InChI is InChI=1S/C18H20N4OS/c1-13(2)12-23-15-7-5-6-14(10-15)11-20-18-22-21-17(24-18)16-8-3-4-9-19-16/h3-10,13H,11-12H2,1-2H3,(H,20,22). The third kappa shape index (κ3) is 4.52. The minimum Gasteiger partial charge on any atom is -0.493 e. The summed E-state index contributed by atoms with van der Waals surface area (Å²) >= 11 is 1.50. The van der Waals surface area contributed by atoms with E-state index in [0.717, 1.165) is 33.8 Å². The summed E-state index contributed by atoms with van der Waals surface area (Å²) in [6.45, 7) is 5.68. The first-order valence-corrected chi connectivity index (χ1v) is 8.73. The molecule has 0 saturated heterocycles. The van der Waals surface area contributed by atoms with Crippen molar-refractivity contribution in [3.8, 4) is 16.5 Å². The molecular formula is C18H20N4OS. The SMILES string of the molecule is CC(C)COc1cccc(CNc2nnc(-c3ccccn3)s2)c1. The van der Waals surface area contributed by atoms with Gasteiger partial charge in [-0.15, -0.1) is 10.2 Å². The van der Waals surface area contributed by atoms with Crippen LogP contribution in [0.1, 0.15) is 19.4 Å². The maximum atomic E-state index is 5.76. The van der Waals surface area contributed by atoms with Gasteiger partial charge in [-0.1, -0.05) is 43.4 Å². The van der Waals surface area contributed by atoms with Crippen LogP contribution in [0.25, 0.3) is 10.7 Å². The van der Waals surface area contributed by atoms with Crippen molar-refractivity contribution in [1.82, 2.24) is 15.2 Å². The third-order valence-corrected chi connectivity index (χ3v) is 4.14. The van der Waals surface area contributed by atoms with Crippen LogP contribution in [0.3, 0.4) is 0 Å². The molecule has 1 aromatic carbocycles. The van der Waals surface area contributed by atoms with Crippen molar-refractivity contribution in [2.75, 3.05) is 11.9 Å². The van der Waals surface area contributed by atoms with E-state index in [1.165, 1.54) is 11.3 Å². The van der Waals surface area contributed by atoms with E-state index in [2.05, 4.69) is 46.5 Å². The number of benzene rings is 1. The van der Waals surface area contributed by atoms with Gasteiger partial charge in [-0.3, -0.25) is 4.98 Å². The Morgan fingerprint density at radius 2 is 2.04 bits per heavy atom. The van der Waals surface area contributed by atoms with E-state index in [-0.39, 0.29) is 0 Å². The summed E-state index contributed by atoms with van der Waals surface area (Å²) in [7, 11) is 0. The predicted molar refractivity (Wildman–Crippen MR) is 97.2 cm³/mol. The number of hydrogen-bond donors (Lipinski definition) is 1. The normalized spacial score (nSPS) is 10.8. The molecule has 124 valence electrons. The lowest BCUT2D eigenvalue weighted by atomic mass is 10.2. The minimum atomic E-state index is 0.512. The molecule has 2 aromatic heterocycles. The molecule has 1 N–H and O–H groups in total. The van der Waals surface area contributed by atoms with Gasteiger partial charge in [0.1, 0.15) is 11.4 Å². The zero-order chi connectivity index (χ0) is 16.8. The van der Waals surface area contributed by atoms with Crippen molar-refractivity contribution in [3.05, 3.63) is 54.2 Å². The van der Waals surface area contributed by atoms with E-state index in [1.807, 2.05) is 30.3 Å². The number of ether oxygens (including phenoxy) is 1. The van der Waals surface area contributed by atoms with E-state index < -0.39 is 0 Å². The van der Waals surface area contributed by atoms with Gasteiger partial charge in [-0.25, -0.2) is 0 Å². The Bertz CT molecular complexity index is 773. The summed E-state index contributed by atoms with van der Waals surface area (Å²) in [6.07, 6.45) is 1.76. The topological polar surface area (TPSA) is 59.9 Å². The van der Waals surface area contributed by atoms with Gasteiger partial charge in [0.05, 0.1) is 6.61 Å². The van der Waals surface area contributed by atoms with Crippen LogP contribution in [0.15, 0.2) is 48.7 Å². The highest BCUT2D eigenvalue weighted by Gasteiger charge is 2.07. The van der Waals surface area contributed by atoms with Gasteiger partial charge in [0, 0.05) is 12.7 Å². The summed E-state index contributed by atoms with van der Waals surface area (Å²) in [5.74, 6) is 1.41. The van der Waals surface area contributed by atoms with Crippen LogP contribution in [0.4, 0.5) is 5.13 Å². The van der Waals surface area contributed by atoms with Gasteiger partial charge in [-0.05, 0) is 35.7 Å². The van der Waals surface area contributed by atoms with Crippen LogP contribution in [-0.4, -0.2) is 21.8 Å². The van der Waals surface area contributed by atoms with Gasteiger partial charge in [0.15, 0.2) is 5.01 Å². The number of nitrogens with zero attached hydrogens (tertiary/aromatic N) is 3. The third-order valence-electron chi connectivity index (χ3n) is 3.23. The second kappa shape index (κ2) is 7.88. The number of nitrogens with one attached hydrogen (secondary N) is 1. The highest BCUT2D eigenvalue weighted by Crippen LogP contribution is 2.25. The molecule has 0 aliphatic carbocycles. The van der Waals surface area contributed by atoms with E-state index in [4.69, 9.17) is 4.74 Å². The van der Waals surface area contributed by atoms with Crippen LogP contribution >= 0.6 is 11.3 Å². The van der Waals surface area contributed by atoms with E-state index in [9.17, 15) is 0 Å². The Morgan fingerprint density at radius 3 is 2.83 bits per heavy atom. The fraction of sp³-hybridized carbons (Fsp3) is 0.278. The van der Waals surface area contributed by atoms with Gasteiger partial charge in [0.2, 0.25) is 5.13 Å². The van der Waals surface area contributed by atoms with Crippen molar-refractivity contribution in [1.29, 1.82) is 0 Å². The molecule has 0 spiro atoms. The highest BCUT2D eigenvalue weighted by molar-refractivity contribution is 7.18. The van der Waals surface area contributed by atoms with Crippen LogP contribution in [0, 0.1) is 5.92 Å². The maximum absolute atomic E-state index is 5.76. The predicted octanol–water partition coefficient (Wildman–Crippen LogP) is 4.25. The lowest BCUT2D eigenvalue weighted by molar-refractivity contribution is 0.271. The number of hydrogen-bond acceptors (Lipinski definition) is 6. The molecule has 0 radical (unpaired) electrons. The fourth-order valence-corrected chi connectivity index (χ4v) is 2.79. The van der Waals surface area contributed by atoms with E-state index in [1.54, 1.807) is 6.20 Å². The van der Waals surface area contributed by atoms with Gasteiger partial charge in [0.25, 0.3) is 0 Å². The Balaban J connectivity index is 1.60. The lowest BCUT2D eigenvalue weighted by Crippen LogP contribution is -2.05. The summed E-state index contributed by atoms with van der Waals surface area (Å²) < 4.78 is 5.76. The van der Waals surface area contributed by atoms with Crippen molar-refractivity contribution in [3.63, 3.8) is 0 Å². The quantitative estimate of drug-likeness (QED) is 0.697. The van der Waals surface area contributed by atoms with Crippen molar-refractivity contribution < 1.29 is 4.74 Å². The summed E-state index contributed by atoms with van der Waals surface area (Å²) in [5, 5.41) is 13.3. The average molecular weight is 340 g/mol. The molecule has 0 aliphatic rings. The Kier molecular flexibility index (Phi) is 5.38. The summed E-state index contributed by atoms with van der Waals surface area (Å²) in [6, 6.07) is 13.9. The molecule has 0 bridgehead atoms. The second-order valence-electron chi connectivity index (χ2n) is 5.83. The molecule has 24 heavy (non-hydrogen) atoms. The van der Waals surface area contributed by atoms with Crippen molar-refractivity contribution in [2.24, 2.45) is 5.92 Å². The molecule has 3 aromatic rings. The molecule has 5 nitrogen and oxygen atoms in total.